The molecule has 1 fully saturated rings. The highest BCUT2D eigenvalue weighted by Gasteiger charge is 2.50. The molecule has 1 aliphatic heterocycles. The molecule has 0 bridgehead atoms. The minimum absolute atomic E-state index is 0.295. The number of benzene rings is 3. The average molecular weight is 415 g/mol. The van der Waals surface area contributed by atoms with E-state index in [4.69, 9.17) is 0 Å². The summed E-state index contributed by atoms with van der Waals surface area (Å²) in [5.74, 6) is -0.771. The van der Waals surface area contributed by atoms with Crippen LogP contribution in [0.5, 0.6) is 0 Å². The van der Waals surface area contributed by atoms with Crippen molar-refractivity contribution in [2.45, 2.75) is 25.3 Å². The molecule has 6 heteroatoms. The fourth-order valence-corrected chi connectivity index (χ4v) is 4.05. The predicted octanol–water partition coefficient (Wildman–Crippen LogP) is 3.36. The van der Waals surface area contributed by atoms with Crippen molar-refractivity contribution in [3.63, 3.8) is 0 Å². The number of hydrogen-bond acceptors (Lipinski definition) is 3. The summed E-state index contributed by atoms with van der Waals surface area (Å²) in [7, 11) is 0. The summed E-state index contributed by atoms with van der Waals surface area (Å²) in [5, 5.41) is 7.48. The van der Waals surface area contributed by atoms with E-state index < -0.39 is 17.5 Å². The summed E-state index contributed by atoms with van der Waals surface area (Å²) in [6.07, 6.45) is 1.63. The highest BCUT2D eigenvalue weighted by atomic mass is 16.2. The summed E-state index contributed by atoms with van der Waals surface area (Å²) in [4.78, 5) is 39.1. The monoisotopic (exact) mass is 415 g/mol. The van der Waals surface area contributed by atoms with Crippen LogP contribution in [0.3, 0.4) is 0 Å². The number of fused-ring (bicyclic) bond motifs is 1. The van der Waals surface area contributed by atoms with Crippen LogP contribution in [0.2, 0.25) is 0 Å². The number of carbonyl (C=O) groups excluding carboxylic acids is 3. The van der Waals surface area contributed by atoms with Gasteiger partial charge in [0.15, 0.2) is 0 Å². The number of urea groups is 1. The van der Waals surface area contributed by atoms with Gasteiger partial charge in [-0.1, -0.05) is 72.8 Å². The molecule has 31 heavy (non-hydrogen) atoms. The molecule has 2 N–H and O–H groups in total. The van der Waals surface area contributed by atoms with Gasteiger partial charge in [-0.15, -0.1) is 0 Å². The highest BCUT2D eigenvalue weighted by Crippen LogP contribution is 2.33. The largest absolute Gasteiger partial charge is 0.355 e. The zero-order valence-corrected chi connectivity index (χ0v) is 17.4. The van der Waals surface area contributed by atoms with Gasteiger partial charge in [0, 0.05) is 6.54 Å². The Bertz CT molecular complexity index is 1120. The molecule has 4 rings (SSSR count). The van der Waals surface area contributed by atoms with Crippen molar-refractivity contribution >= 4 is 28.6 Å². The lowest BCUT2D eigenvalue weighted by Crippen LogP contribution is -2.43. The maximum Gasteiger partial charge on any atom is 0.325 e. The Morgan fingerprint density at radius 3 is 2.48 bits per heavy atom. The van der Waals surface area contributed by atoms with Gasteiger partial charge in [-0.2, -0.15) is 0 Å². The normalized spacial score (nSPS) is 18.3. The van der Waals surface area contributed by atoms with Crippen LogP contribution in [0.25, 0.3) is 10.8 Å². The lowest BCUT2D eigenvalue weighted by molar-refractivity contribution is -0.134. The number of hydrogen-bond donors (Lipinski definition) is 2. The van der Waals surface area contributed by atoms with Crippen LogP contribution in [0.4, 0.5) is 4.79 Å². The molecule has 1 heterocycles. The topological polar surface area (TPSA) is 78.5 Å². The number of rotatable bonds is 7. The van der Waals surface area contributed by atoms with E-state index in [2.05, 4.69) is 10.6 Å². The quantitative estimate of drug-likeness (QED) is 0.459. The molecule has 0 saturated carbocycles. The molecule has 1 unspecified atom stereocenters. The van der Waals surface area contributed by atoms with Gasteiger partial charge in [0.2, 0.25) is 5.91 Å². The number of carbonyl (C=O) groups is 3. The van der Waals surface area contributed by atoms with Gasteiger partial charge in [0.1, 0.15) is 12.1 Å². The van der Waals surface area contributed by atoms with Crippen molar-refractivity contribution < 1.29 is 14.4 Å². The van der Waals surface area contributed by atoms with Crippen LogP contribution < -0.4 is 10.6 Å². The molecule has 4 amide bonds. The first-order valence-corrected chi connectivity index (χ1v) is 10.4. The summed E-state index contributed by atoms with van der Waals surface area (Å²) in [6.45, 7) is 1.88. The second-order valence-corrected chi connectivity index (χ2v) is 7.91. The zero-order chi connectivity index (χ0) is 21.8. The van der Waals surface area contributed by atoms with E-state index in [1.807, 2.05) is 72.8 Å². The second-order valence-electron chi connectivity index (χ2n) is 7.91. The SMILES string of the molecule is CC1(c2cccc3ccccc23)NC(=O)N(CC(=O)NCCCc2ccccc2)C1=O. The van der Waals surface area contributed by atoms with E-state index in [-0.39, 0.29) is 12.5 Å². The van der Waals surface area contributed by atoms with Gasteiger partial charge < -0.3 is 10.6 Å². The number of imide groups is 1. The first kappa shape index (κ1) is 20.6. The zero-order valence-electron chi connectivity index (χ0n) is 17.4. The summed E-state index contributed by atoms with van der Waals surface area (Å²) < 4.78 is 0. The minimum Gasteiger partial charge on any atom is -0.355 e. The highest BCUT2D eigenvalue weighted by molar-refractivity contribution is 6.10. The Labute approximate surface area is 181 Å². The van der Waals surface area contributed by atoms with Crippen LogP contribution >= 0.6 is 0 Å². The molecule has 0 spiro atoms. The average Bonchev–Trinajstić information content (AvgIpc) is 3.01. The summed E-state index contributed by atoms with van der Waals surface area (Å²) >= 11 is 0. The first-order chi connectivity index (χ1) is 15.0. The summed E-state index contributed by atoms with van der Waals surface area (Å²) in [5.41, 5.74) is 0.706. The van der Waals surface area contributed by atoms with Gasteiger partial charge >= 0.3 is 6.03 Å². The Hall–Kier alpha value is -3.67. The number of nitrogens with zero attached hydrogens (tertiary/aromatic N) is 1. The van der Waals surface area contributed by atoms with E-state index in [9.17, 15) is 14.4 Å². The smallest absolute Gasteiger partial charge is 0.325 e. The lowest BCUT2D eigenvalue weighted by atomic mass is 9.88. The first-order valence-electron chi connectivity index (χ1n) is 10.4. The molecular formula is C25H25N3O3. The van der Waals surface area contributed by atoms with Crippen LogP contribution in [0, 0.1) is 0 Å². The van der Waals surface area contributed by atoms with Crippen molar-refractivity contribution in [2.75, 3.05) is 13.1 Å². The number of nitrogens with one attached hydrogen (secondary N) is 2. The van der Waals surface area contributed by atoms with Crippen LogP contribution in [0.15, 0.2) is 72.8 Å². The van der Waals surface area contributed by atoms with E-state index >= 15 is 0 Å². The molecule has 0 aromatic heterocycles. The van der Waals surface area contributed by atoms with Crippen molar-refractivity contribution in [3.05, 3.63) is 83.9 Å². The fraction of sp³-hybridized carbons (Fsp3) is 0.240. The maximum absolute atomic E-state index is 13.2. The molecule has 3 aromatic rings. The number of aryl methyl sites for hydroxylation is 1. The summed E-state index contributed by atoms with van der Waals surface area (Å²) in [6, 6.07) is 22.9. The Balaban J connectivity index is 1.40. The third-order valence-electron chi connectivity index (χ3n) is 5.71. The van der Waals surface area contributed by atoms with E-state index in [1.54, 1.807) is 6.92 Å². The van der Waals surface area contributed by atoms with Crippen LogP contribution in [-0.2, 0) is 21.5 Å². The van der Waals surface area contributed by atoms with Gasteiger partial charge in [-0.05, 0) is 41.7 Å². The molecular weight excluding hydrogens is 390 g/mol. The van der Waals surface area contributed by atoms with Gasteiger partial charge in [0.25, 0.3) is 5.91 Å². The molecule has 3 aromatic carbocycles. The van der Waals surface area contributed by atoms with Gasteiger partial charge in [0.05, 0.1) is 0 Å². The van der Waals surface area contributed by atoms with Gasteiger partial charge in [-0.3, -0.25) is 14.5 Å². The molecule has 1 aliphatic rings. The van der Waals surface area contributed by atoms with E-state index in [0.29, 0.717) is 6.54 Å². The molecule has 1 saturated heterocycles. The molecule has 0 radical (unpaired) electrons. The van der Waals surface area contributed by atoms with E-state index in [1.165, 1.54) is 5.56 Å². The maximum atomic E-state index is 13.2. The molecule has 0 aliphatic carbocycles. The fourth-order valence-electron chi connectivity index (χ4n) is 4.05. The Morgan fingerprint density at radius 1 is 0.968 bits per heavy atom. The van der Waals surface area contributed by atoms with Crippen molar-refractivity contribution in [1.29, 1.82) is 0 Å². The van der Waals surface area contributed by atoms with Crippen LogP contribution in [-0.4, -0.2) is 35.8 Å². The molecule has 6 nitrogen and oxygen atoms in total. The van der Waals surface area contributed by atoms with E-state index in [0.717, 1.165) is 34.1 Å². The molecule has 1 atom stereocenters. The Kier molecular flexibility index (Phi) is 5.71. The second kappa shape index (κ2) is 8.60. The molecule has 158 valence electrons. The minimum atomic E-state index is -1.22. The van der Waals surface area contributed by atoms with Crippen molar-refractivity contribution in [1.82, 2.24) is 15.5 Å². The van der Waals surface area contributed by atoms with Crippen molar-refractivity contribution in [3.8, 4) is 0 Å². The standard InChI is InChI=1S/C25H25N3O3/c1-25(21-15-7-13-19-12-5-6-14-20(19)21)23(30)28(24(31)27-25)17-22(29)26-16-8-11-18-9-3-2-4-10-18/h2-7,9-10,12-15H,8,11,16-17H2,1H3,(H,26,29)(H,27,31). The third kappa shape index (κ3) is 4.14. The lowest BCUT2D eigenvalue weighted by Gasteiger charge is -2.24. The third-order valence-corrected chi connectivity index (χ3v) is 5.71. The van der Waals surface area contributed by atoms with Crippen molar-refractivity contribution in [2.24, 2.45) is 0 Å². The number of amides is 4. The Morgan fingerprint density at radius 2 is 1.68 bits per heavy atom. The predicted molar refractivity (Wildman–Crippen MR) is 119 cm³/mol. The van der Waals surface area contributed by atoms with Crippen LogP contribution in [0.1, 0.15) is 24.5 Å². The van der Waals surface area contributed by atoms with Gasteiger partial charge in [-0.25, -0.2) is 4.79 Å².